The average Bonchev–Trinajstić information content (AvgIpc) is 2.84. The van der Waals surface area contributed by atoms with Crippen molar-refractivity contribution in [3.8, 4) is 5.75 Å². The van der Waals surface area contributed by atoms with Crippen molar-refractivity contribution in [2.24, 2.45) is 0 Å². The molecular weight excluding hydrogens is 449 g/mol. The quantitative estimate of drug-likeness (QED) is 0.421. The molecule has 2 N–H and O–H groups in total. The number of nitrogens with zero attached hydrogens (tertiary/aromatic N) is 3. The number of fused-ring (bicyclic) bond motifs is 1. The first-order valence-corrected chi connectivity index (χ1v) is 10.8. The molecule has 1 atom stereocenters. The van der Waals surface area contributed by atoms with Gasteiger partial charge in [0.2, 0.25) is 0 Å². The van der Waals surface area contributed by atoms with Crippen LogP contribution in [0.1, 0.15) is 11.3 Å². The molecule has 0 aliphatic carbocycles. The Morgan fingerprint density at radius 1 is 1.15 bits per heavy atom. The average molecular weight is 474 g/mol. The number of carbonyl (C=O) groups is 1. The summed E-state index contributed by atoms with van der Waals surface area (Å²) in [6, 6.07) is 15.6. The van der Waals surface area contributed by atoms with Crippen molar-refractivity contribution >= 4 is 22.5 Å². The summed E-state index contributed by atoms with van der Waals surface area (Å²) in [5.74, 6) is -0.228. The molecule has 1 aromatic heterocycles. The molecule has 1 aliphatic rings. The third-order valence-corrected chi connectivity index (χ3v) is 6.04. The van der Waals surface area contributed by atoms with Gasteiger partial charge in [0.15, 0.2) is 0 Å². The van der Waals surface area contributed by atoms with Gasteiger partial charge in [0.1, 0.15) is 17.0 Å². The number of aromatic nitrogens is 1. The van der Waals surface area contributed by atoms with Gasteiger partial charge in [0.25, 0.3) is 5.91 Å². The lowest BCUT2D eigenvalue weighted by Crippen LogP contribution is -2.56. The van der Waals surface area contributed by atoms with Gasteiger partial charge in [-0.05, 0) is 36.2 Å². The van der Waals surface area contributed by atoms with E-state index in [1.54, 1.807) is 11.5 Å². The molecule has 1 saturated heterocycles. The van der Waals surface area contributed by atoms with Crippen LogP contribution in [0.4, 0.5) is 18.9 Å². The molecule has 1 amide bonds. The topological polar surface area (TPSA) is 77.9 Å². The number of benzene rings is 2. The van der Waals surface area contributed by atoms with E-state index in [2.05, 4.69) is 9.88 Å². The third-order valence-electron chi connectivity index (χ3n) is 6.04. The first-order valence-electron chi connectivity index (χ1n) is 10.8. The first-order chi connectivity index (χ1) is 16.3. The highest BCUT2D eigenvalue weighted by Gasteiger charge is 2.34. The summed E-state index contributed by atoms with van der Waals surface area (Å²) < 4.78 is 45.1. The zero-order chi connectivity index (χ0) is 24.3. The van der Waals surface area contributed by atoms with Crippen LogP contribution in [0.3, 0.4) is 0 Å². The number of alkyl halides is 3. The molecule has 34 heavy (non-hydrogen) atoms. The number of carbonyl (C=O) groups excluding carboxylic acids is 1. The maximum absolute atomic E-state index is 13.3. The third kappa shape index (κ3) is 5.07. The van der Waals surface area contributed by atoms with Gasteiger partial charge >= 0.3 is 6.18 Å². The number of piperazine rings is 1. The summed E-state index contributed by atoms with van der Waals surface area (Å²) in [7, 11) is 1.40. The number of hydroxylamine groups is 1. The van der Waals surface area contributed by atoms with E-state index in [-0.39, 0.29) is 23.9 Å². The van der Waals surface area contributed by atoms with Crippen LogP contribution >= 0.6 is 0 Å². The van der Waals surface area contributed by atoms with Crippen LogP contribution in [0.5, 0.6) is 5.75 Å². The zero-order valence-corrected chi connectivity index (χ0v) is 18.5. The van der Waals surface area contributed by atoms with Crippen molar-refractivity contribution in [3.63, 3.8) is 0 Å². The van der Waals surface area contributed by atoms with Gasteiger partial charge in [-0.25, -0.2) is 10.5 Å². The van der Waals surface area contributed by atoms with Crippen LogP contribution < -0.4 is 15.1 Å². The number of methoxy groups -OCH3 is 1. The molecule has 3 aromatic rings. The van der Waals surface area contributed by atoms with E-state index in [0.717, 1.165) is 17.3 Å². The molecule has 4 rings (SSSR count). The highest BCUT2D eigenvalue weighted by Crippen LogP contribution is 2.37. The lowest BCUT2D eigenvalue weighted by Gasteiger charge is -2.42. The zero-order valence-electron chi connectivity index (χ0n) is 18.5. The summed E-state index contributed by atoms with van der Waals surface area (Å²) in [6.07, 6.45) is -3.89. The van der Waals surface area contributed by atoms with Crippen molar-refractivity contribution in [3.05, 3.63) is 65.9 Å². The van der Waals surface area contributed by atoms with E-state index in [1.807, 2.05) is 41.3 Å². The second kappa shape index (κ2) is 9.86. The minimum Gasteiger partial charge on any atom is -0.494 e. The predicted octanol–water partition coefficient (Wildman–Crippen LogP) is 3.50. The Labute approximate surface area is 194 Å². The number of hydrogen-bond donors (Lipinski definition) is 2. The number of nitrogens with one attached hydrogen (secondary N) is 1. The smallest absolute Gasteiger partial charge is 0.433 e. The van der Waals surface area contributed by atoms with Crippen LogP contribution in [0.2, 0.25) is 0 Å². The molecule has 10 heteroatoms. The van der Waals surface area contributed by atoms with Gasteiger partial charge in [-0.15, -0.1) is 0 Å². The Morgan fingerprint density at radius 3 is 2.59 bits per heavy atom. The lowest BCUT2D eigenvalue weighted by molar-refractivity contribution is -0.141. The van der Waals surface area contributed by atoms with Crippen LogP contribution in [0, 0.1) is 0 Å². The Hall–Kier alpha value is -3.37. The van der Waals surface area contributed by atoms with Gasteiger partial charge < -0.3 is 9.64 Å². The van der Waals surface area contributed by atoms with E-state index < -0.39 is 17.8 Å². The molecule has 2 aromatic carbocycles. The monoisotopic (exact) mass is 474 g/mol. The summed E-state index contributed by atoms with van der Waals surface area (Å²) >= 11 is 0. The van der Waals surface area contributed by atoms with Crippen molar-refractivity contribution in [1.29, 1.82) is 0 Å². The molecular formula is C24H25F3N4O3. The standard InChI is InChI=1S/C24H25F3N4O3/c1-34-20-9-8-19(18-7-10-21(24(25,26)27)28-23(18)20)31-12-11-30(15-22(32)29-33)17(14-31)13-16-5-3-2-4-6-16/h2-10,17,33H,11-15H2,1H3,(H,29,32). The van der Waals surface area contributed by atoms with Gasteiger partial charge in [-0.3, -0.25) is 14.9 Å². The second-order valence-electron chi connectivity index (χ2n) is 8.17. The SMILES string of the molecule is COc1ccc(N2CCN(CC(=O)NO)C(Cc3ccccc3)C2)c2ccc(C(F)(F)F)nc12. The Kier molecular flexibility index (Phi) is 6.90. The van der Waals surface area contributed by atoms with E-state index in [0.29, 0.717) is 31.4 Å². The predicted molar refractivity (Wildman–Crippen MR) is 121 cm³/mol. The fourth-order valence-electron chi connectivity index (χ4n) is 4.39. The van der Waals surface area contributed by atoms with Crippen LogP contribution in [-0.4, -0.2) is 60.3 Å². The van der Waals surface area contributed by atoms with Crippen molar-refractivity contribution in [2.45, 2.75) is 18.6 Å². The number of amides is 1. The molecule has 1 aliphatic heterocycles. The van der Waals surface area contributed by atoms with E-state index in [4.69, 9.17) is 9.94 Å². The number of anilines is 1. The maximum atomic E-state index is 13.3. The Morgan fingerprint density at radius 2 is 1.91 bits per heavy atom. The molecule has 1 unspecified atom stereocenters. The van der Waals surface area contributed by atoms with Gasteiger partial charge in [-0.1, -0.05) is 30.3 Å². The largest absolute Gasteiger partial charge is 0.494 e. The maximum Gasteiger partial charge on any atom is 0.433 e. The summed E-state index contributed by atoms with van der Waals surface area (Å²) in [4.78, 5) is 19.8. The number of ether oxygens (including phenoxy) is 1. The van der Waals surface area contributed by atoms with Crippen molar-refractivity contribution < 1.29 is 27.9 Å². The van der Waals surface area contributed by atoms with Gasteiger partial charge in [-0.2, -0.15) is 13.2 Å². The van der Waals surface area contributed by atoms with Gasteiger partial charge in [0.05, 0.1) is 13.7 Å². The van der Waals surface area contributed by atoms with Crippen LogP contribution in [-0.2, 0) is 17.4 Å². The fraction of sp³-hybridized carbons (Fsp3) is 0.333. The van der Waals surface area contributed by atoms with E-state index in [1.165, 1.54) is 13.2 Å². The molecule has 1 fully saturated rings. The Balaban J connectivity index is 1.68. The van der Waals surface area contributed by atoms with Crippen LogP contribution in [0.25, 0.3) is 10.9 Å². The fourth-order valence-corrected chi connectivity index (χ4v) is 4.39. The number of rotatable bonds is 6. The summed E-state index contributed by atoms with van der Waals surface area (Å²) in [6.45, 7) is 1.66. The lowest BCUT2D eigenvalue weighted by atomic mass is 10.0. The number of pyridine rings is 1. The van der Waals surface area contributed by atoms with Crippen molar-refractivity contribution in [2.75, 3.05) is 38.2 Å². The summed E-state index contributed by atoms with van der Waals surface area (Å²) in [5.41, 5.74) is 2.71. The van der Waals surface area contributed by atoms with E-state index >= 15 is 0 Å². The minimum atomic E-state index is -4.56. The second-order valence-corrected chi connectivity index (χ2v) is 8.17. The normalized spacial score (nSPS) is 17.1. The molecule has 0 spiro atoms. The molecule has 0 saturated carbocycles. The molecule has 0 radical (unpaired) electrons. The molecule has 7 nitrogen and oxygen atoms in total. The molecule has 180 valence electrons. The molecule has 2 heterocycles. The molecule has 0 bridgehead atoms. The van der Waals surface area contributed by atoms with E-state index in [9.17, 15) is 18.0 Å². The first kappa shape index (κ1) is 23.8. The Bertz CT molecular complexity index is 1160. The van der Waals surface area contributed by atoms with Crippen LogP contribution in [0.15, 0.2) is 54.6 Å². The highest BCUT2D eigenvalue weighted by atomic mass is 19.4. The van der Waals surface area contributed by atoms with Gasteiger partial charge in [0, 0.05) is 36.7 Å². The minimum absolute atomic E-state index is 0.0434. The number of halogens is 3. The van der Waals surface area contributed by atoms with Crippen molar-refractivity contribution in [1.82, 2.24) is 15.4 Å². The highest BCUT2D eigenvalue weighted by molar-refractivity contribution is 5.96. The summed E-state index contributed by atoms with van der Waals surface area (Å²) in [5, 5.41) is 9.55. The number of hydrogen-bond acceptors (Lipinski definition) is 6.